The van der Waals surface area contributed by atoms with Crippen molar-refractivity contribution < 1.29 is 5.21 Å². The van der Waals surface area contributed by atoms with Crippen molar-refractivity contribution in [3.8, 4) is 0 Å². The van der Waals surface area contributed by atoms with Crippen LogP contribution in [0.5, 0.6) is 0 Å². The smallest absolute Gasteiger partial charge is 0.153 e. The molecule has 0 aliphatic heterocycles. The van der Waals surface area contributed by atoms with E-state index in [2.05, 4.69) is 15.5 Å². The van der Waals surface area contributed by atoms with Crippen molar-refractivity contribution in [1.29, 1.82) is 0 Å². The molecule has 0 saturated carbocycles. The minimum absolute atomic E-state index is 0.125. The molecule has 72 valence electrons. The summed E-state index contributed by atoms with van der Waals surface area (Å²) in [6, 6.07) is 0.125. The normalized spacial score (nSPS) is 14.4. The molecule has 13 heavy (non-hydrogen) atoms. The average molecular weight is 200 g/mol. The highest BCUT2D eigenvalue weighted by Crippen LogP contribution is 2.13. The van der Waals surface area contributed by atoms with Crippen molar-refractivity contribution in [3.63, 3.8) is 0 Å². The van der Waals surface area contributed by atoms with Crippen LogP contribution in [0, 0.1) is 0 Å². The molecule has 1 unspecified atom stereocenters. The maximum atomic E-state index is 8.29. The molecule has 5 nitrogen and oxygen atoms in total. The van der Waals surface area contributed by atoms with E-state index in [9.17, 15) is 0 Å². The van der Waals surface area contributed by atoms with Crippen LogP contribution in [-0.2, 0) is 0 Å². The molecule has 1 atom stereocenters. The van der Waals surface area contributed by atoms with Gasteiger partial charge in [0.15, 0.2) is 5.84 Å². The second-order valence-electron chi connectivity index (χ2n) is 2.56. The van der Waals surface area contributed by atoms with E-state index in [1.165, 1.54) is 0 Å². The third kappa shape index (κ3) is 3.00. The lowest BCUT2D eigenvalue weighted by Crippen LogP contribution is -2.30. The number of amidine groups is 1. The Morgan fingerprint density at radius 1 is 1.92 bits per heavy atom. The highest BCUT2D eigenvalue weighted by atomic mass is 32.1. The zero-order chi connectivity index (χ0) is 9.68. The van der Waals surface area contributed by atoms with Gasteiger partial charge in [-0.05, 0) is 6.92 Å². The highest BCUT2D eigenvalue weighted by molar-refractivity contribution is 7.09. The van der Waals surface area contributed by atoms with Crippen LogP contribution in [0.1, 0.15) is 18.0 Å². The lowest BCUT2D eigenvalue weighted by Gasteiger charge is -2.09. The zero-order valence-electron chi connectivity index (χ0n) is 7.27. The summed E-state index contributed by atoms with van der Waals surface area (Å²) < 4.78 is 0. The largest absolute Gasteiger partial charge is 0.409 e. The van der Waals surface area contributed by atoms with E-state index in [0.717, 1.165) is 5.01 Å². The number of oxime groups is 1. The first-order valence-corrected chi connectivity index (χ1v) is 4.71. The van der Waals surface area contributed by atoms with Gasteiger partial charge in [0, 0.05) is 11.6 Å². The fourth-order valence-corrected chi connectivity index (χ4v) is 1.50. The molecular weight excluding hydrogens is 188 g/mol. The van der Waals surface area contributed by atoms with Crippen LogP contribution in [0.2, 0.25) is 0 Å². The predicted molar refractivity (Wildman–Crippen MR) is 51.9 cm³/mol. The van der Waals surface area contributed by atoms with E-state index in [0.29, 0.717) is 6.54 Å². The van der Waals surface area contributed by atoms with Gasteiger partial charge in [-0.15, -0.1) is 11.3 Å². The summed E-state index contributed by atoms with van der Waals surface area (Å²) >= 11 is 1.57. The molecule has 0 spiro atoms. The lowest BCUT2D eigenvalue weighted by molar-refractivity contribution is 0.316. The maximum absolute atomic E-state index is 8.29. The molecule has 0 aliphatic rings. The number of aromatic nitrogens is 1. The Balaban J connectivity index is 2.38. The SMILES string of the molecule is CC(NCC(N)=NO)c1nccs1. The monoisotopic (exact) mass is 200 g/mol. The van der Waals surface area contributed by atoms with Gasteiger partial charge in [-0.3, -0.25) is 0 Å². The van der Waals surface area contributed by atoms with E-state index >= 15 is 0 Å². The third-order valence-electron chi connectivity index (χ3n) is 1.54. The van der Waals surface area contributed by atoms with E-state index < -0.39 is 0 Å². The van der Waals surface area contributed by atoms with Crippen LogP contribution in [0.15, 0.2) is 16.7 Å². The minimum atomic E-state index is 0.125. The summed E-state index contributed by atoms with van der Waals surface area (Å²) in [6.45, 7) is 2.33. The molecule has 1 aromatic rings. The Bertz CT molecular complexity index is 272. The van der Waals surface area contributed by atoms with Gasteiger partial charge >= 0.3 is 0 Å². The Hall–Kier alpha value is -1.14. The Morgan fingerprint density at radius 3 is 3.23 bits per heavy atom. The van der Waals surface area contributed by atoms with Gasteiger partial charge in [-0.1, -0.05) is 5.16 Å². The molecule has 0 fully saturated rings. The number of nitrogens with zero attached hydrogens (tertiary/aromatic N) is 2. The van der Waals surface area contributed by atoms with Crippen LogP contribution in [0.3, 0.4) is 0 Å². The maximum Gasteiger partial charge on any atom is 0.153 e. The Kier molecular flexibility index (Phi) is 3.66. The van der Waals surface area contributed by atoms with Crippen LogP contribution < -0.4 is 11.1 Å². The number of hydrogen-bond donors (Lipinski definition) is 3. The molecule has 1 aromatic heterocycles. The summed E-state index contributed by atoms with van der Waals surface area (Å²) in [5.74, 6) is 0.170. The first-order chi connectivity index (χ1) is 6.24. The van der Waals surface area contributed by atoms with E-state index in [-0.39, 0.29) is 11.9 Å². The second kappa shape index (κ2) is 4.78. The van der Waals surface area contributed by atoms with Crippen molar-refractivity contribution in [3.05, 3.63) is 16.6 Å². The fraction of sp³-hybridized carbons (Fsp3) is 0.429. The number of nitrogens with two attached hydrogens (primary N) is 1. The van der Waals surface area contributed by atoms with Gasteiger partial charge in [-0.25, -0.2) is 4.98 Å². The van der Waals surface area contributed by atoms with Gasteiger partial charge in [0.05, 0.1) is 12.6 Å². The molecular formula is C7H12N4OS. The Morgan fingerprint density at radius 2 is 2.69 bits per heavy atom. The van der Waals surface area contributed by atoms with Gasteiger partial charge < -0.3 is 16.3 Å². The number of hydrogen-bond acceptors (Lipinski definition) is 5. The van der Waals surface area contributed by atoms with E-state index in [1.807, 2.05) is 12.3 Å². The summed E-state index contributed by atoms with van der Waals surface area (Å²) in [5, 5.41) is 17.1. The van der Waals surface area contributed by atoms with Crippen molar-refractivity contribution >= 4 is 17.2 Å². The predicted octanol–water partition coefficient (Wildman–Crippen LogP) is 0.540. The van der Waals surface area contributed by atoms with Gasteiger partial charge in [0.2, 0.25) is 0 Å². The highest BCUT2D eigenvalue weighted by Gasteiger charge is 2.06. The second-order valence-corrected chi connectivity index (χ2v) is 3.49. The molecule has 0 bridgehead atoms. The quantitative estimate of drug-likeness (QED) is 0.287. The van der Waals surface area contributed by atoms with Crippen LogP contribution in [-0.4, -0.2) is 22.6 Å². The number of nitrogens with one attached hydrogen (secondary N) is 1. The topological polar surface area (TPSA) is 83.5 Å². The fourth-order valence-electron chi connectivity index (χ4n) is 0.829. The van der Waals surface area contributed by atoms with Crippen molar-refractivity contribution in [2.24, 2.45) is 10.9 Å². The van der Waals surface area contributed by atoms with Gasteiger partial charge in [0.25, 0.3) is 0 Å². The first kappa shape index (κ1) is 9.94. The average Bonchev–Trinajstić information content (AvgIpc) is 2.66. The standard InChI is InChI=1S/C7H12N4OS/c1-5(7-9-2-3-13-7)10-4-6(8)11-12/h2-3,5,10,12H,4H2,1H3,(H2,8,11). The molecule has 6 heteroatoms. The van der Waals surface area contributed by atoms with Gasteiger partial charge in [0.1, 0.15) is 5.01 Å². The van der Waals surface area contributed by atoms with Crippen LogP contribution in [0.4, 0.5) is 0 Å². The molecule has 1 rings (SSSR count). The molecule has 0 saturated heterocycles. The Labute approximate surface area is 80.3 Å². The van der Waals surface area contributed by atoms with Crippen LogP contribution in [0.25, 0.3) is 0 Å². The minimum Gasteiger partial charge on any atom is -0.409 e. The van der Waals surface area contributed by atoms with E-state index in [4.69, 9.17) is 10.9 Å². The summed E-state index contributed by atoms with van der Waals surface area (Å²) in [6.07, 6.45) is 1.75. The van der Waals surface area contributed by atoms with Gasteiger partial charge in [-0.2, -0.15) is 0 Å². The molecule has 0 amide bonds. The summed E-state index contributed by atoms with van der Waals surface area (Å²) in [4.78, 5) is 4.13. The molecule has 0 aromatic carbocycles. The molecule has 0 aliphatic carbocycles. The van der Waals surface area contributed by atoms with Crippen molar-refractivity contribution in [2.75, 3.05) is 6.54 Å². The number of thiazole rings is 1. The lowest BCUT2D eigenvalue weighted by atomic mass is 10.3. The van der Waals surface area contributed by atoms with Crippen molar-refractivity contribution in [1.82, 2.24) is 10.3 Å². The summed E-state index contributed by atoms with van der Waals surface area (Å²) in [7, 11) is 0. The molecule has 1 heterocycles. The van der Waals surface area contributed by atoms with Crippen LogP contribution >= 0.6 is 11.3 Å². The summed E-state index contributed by atoms with van der Waals surface area (Å²) in [5.41, 5.74) is 5.30. The van der Waals surface area contributed by atoms with E-state index in [1.54, 1.807) is 17.5 Å². The molecule has 4 N–H and O–H groups in total. The zero-order valence-corrected chi connectivity index (χ0v) is 8.08. The third-order valence-corrected chi connectivity index (χ3v) is 2.50. The first-order valence-electron chi connectivity index (χ1n) is 3.83. The number of rotatable bonds is 4. The molecule has 0 radical (unpaired) electrons. The van der Waals surface area contributed by atoms with Crippen molar-refractivity contribution in [2.45, 2.75) is 13.0 Å².